The molecule has 1 heterocycles. The highest BCUT2D eigenvalue weighted by Gasteiger charge is 2.24. The molecule has 0 spiro atoms. The first-order valence-electron chi connectivity index (χ1n) is 5.64. The lowest BCUT2D eigenvalue weighted by atomic mass is 10.1. The molecule has 0 saturated carbocycles. The Hall–Kier alpha value is -0.610. The van der Waals surface area contributed by atoms with Crippen molar-refractivity contribution in [1.29, 1.82) is 0 Å². The zero-order valence-corrected chi connectivity index (χ0v) is 10.1. The molecule has 0 aromatic carbocycles. The van der Waals surface area contributed by atoms with E-state index in [0.29, 0.717) is 12.1 Å². The second kappa shape index (κ2) is 5.47. The van der Waals surface area contributed by atoms with E-state index in [1.807, 2.05) is 18.7 Å². The predicted octanol–water partition coefficient (Wildman–Crippen LogP) is 0.620. The van der Waals surface area contributed by atoms with E-state index in [0.717, 1.165) is 13.1 Å². The monoisotopic (exact) mass is 214 g/mol. The van der Waals surface area contributed by atoms with Crippen molar-refractivity contribution in [3.05, 3.63) is 0 Å². The summed E-state index contributed by atoms with van der Waals surface area (Å²) in [6.45, 7) is 9.84. The van der Waals surface area contributed by atoms with Crippen molar-refractivity contribution in [2.75, 3.05) is 19.7 Å². The Labute approximate surface area is 92.0 Å². The lowest BCUT2D eigenvalue weighted by Crippen LogP contribution is -2.56. The van der Waals surface area contributed by atoms with Crippen LogP contribution < -0.4 is 5.32 Å². The van der Waals surface area contributed by atoms with Gasteiger partial charge in [0.2, 0.25) is 5.91 Å². The summed E-state index contributed by atoms with van der Waals surface area (Å²) < 4.78 is 5.32. The van der Waals surface area contributed by atoms with Crippen molar-refractivity contribution in [2.24, 2.45) is 0 Å². The van der Waals surface area contributed by atoms with Crippen LogP contribution >= 0.6 is 0 Å². The summed E-state index contributed by atoms with van der Waals surface area (Å²) in [5.41, 5.74) is 0. The summed E-state index contributed by atoms with van der Waals surface area (Å²) in [7, 11) is 0. The number of ether oxygens (including phenoxy) is 1. The SMILES string of the molecule is CC1CN(C(=O)COC(C)C)CC(C)N1. The van der Waals surface area contributed by atoms with Crippen LogP contribution in [-0.4, -0.2) is 48.7 Å². The van der Waals surface area contributed by atoms with E-state index in [9.17, 15) is 4.79 Å². The van der Waals surface area contributed by atoms with Crippen LogP contribution in [0.15, 0.2) is 0 Å². The third-order valence-corrected chi connectivity index (χ3v) is 2.45. The number of amides is 1. The molecule has 2 unspecified atom stereocenters. The van der Waals surface area contributed by atoms with E-state index in [1.54, 1.807) is 0 Å². The number of rotatable bonds is 3. The van der Waals surface area contributed by atoms with E-state index >= 15 is 0 Å². The summed E-state index contributed by atoms with van der Waals surface area (Å²) in [4.78, 5) is 13.6. The third-order valence-electron chi connectivity index (χ3n) is 2.45. The Morgan fingerprint density at radius 2 is 1.93 bits per heavy atom. The first-order chi connectivity index (χ1) is 6.99. The number of piperazine rings is 1. The van der Waals surface area contributed by atoms with E-state index in [1.165, 1.54) is 0 Å². The van der Waals surface area contributed by atoms with Crippen LogP contribution in [0, 0.1) is 0 Å². The summed E-state index contributed by atoms with van der Waals surface area (Å²) in [6.07, 6.45) is 0.117. The van der Waals surface area contributed by atoms with E-state index < -0.39 is 0 Å². The quantitative estimate of drug-likeness (QED) is 0.749. The van der Waals surface area contributed by atoms with Gasteiger partial charge in [-0.3, -0.25) is 4.79 Å². The standard InChI is InChI=1S/C11H22N2O2/c1-8(2)15-7-11(14)13-5-9(3)12-10(4)6-13/h8-10,12H,5-7H2,1-4H3. The van der Waals surface area contributed by atoms with E-state index in [-0.39, 0.29) is 18.6 Å². The predicted molar refractivity (Wildman–Crippen MR) is 59.7 cm³/mol. The number of nitrogens with zero attached hydrogens (tertiary/aromatic N) is 1. The van der Waals surface area contributed by atoms with Gasteiger partial charge >= 0.3 is 0 Å². The van der Waals surface area contributed by atoms with Crippen molar-refractivity contribution in [2.45, 2.75) is 45.9 Å². The Morgan fingerprint density at radius 1 is 1.40 bits per heavy atom. The zero-order valence-electron chi connectivity index (χ0n) is 10.1. The van der Waals surface area contributed by atoms with Gasteiger partial charge in [-0.25, -0.2) is 0 Å². The van der Waals surface area contributed by atoms with Crippen molar-refractivity contribution in [3.8, 4) is 0 Å². The number of hydrogen-bond acceptors (Lipinski definition) is 3. The molecule has 4 heteroatoms. The number of carbonyl (C=O) groups is 1. The molecule has 0 aromatic rings. The van der Waals surface area contributed by atoms with Crippen molar-refractivity contribution in [1.82, 2.24) is 10.2 Å². The van der Waals surface area contributed by atoms with E-state index in [2.05, 4.69) is 19.2 Å². The average Bonchev–Trinajstić information content (AvgIpc) is 2.12. The molecule has 1 fully saturated rings. The molecular formula is C11H22N2O2. The smallest absolute Gasteiger partial charge is 0.248 e. The van der Waals surface area contributed by atoms with Crippen LogP contribution in [-0.2, 0) is 9.53 Å². The Balaban J connectivity index is 2.38. The highest BCUT2D eigenvalue weighted by Crippen LogP contribution is 2.04. The number of carbonyl (C=O) groups excluding carboxylic acids is 1. The second-order valence-corrected chi connectivity index (χ2v) is 4.63. The molecule has 1 aliphatic rings. The van der Waals surface area contributed by atoms with Gasteiger partial charge < -0.3 is 15.0 Å². The molecule has 1 aliphatic heterocycles. The maximum atomic E-state index is 11.8. The maximum Gasteiger partial charge on any atom is 0.248 e. The Bertz CT molecular complexity index is 209. The van der Waals surface area contributed by atoms with Gasteiger partial charge in [0.25, 0.3) is 0 Å². The van der Waals surface area contributed by atoms with Gasteiger partial charge in [0.05, 0.1) is 6.10 Å². The summed E-state index contributed by atoms with van der Waals surface area (Å²) in [5, 5.41) is 3.39. The molecule has 0 aromatic heterocycles. The molecule has 0 radical (unpaired) electrons. The molecule has 1 rings (SSSR count). The Morgan fingerprint density at radius 3 is 2.40 bits per heavy atom. The van der Waals surface area contributed by atoms with Gasteiger partial charge in [0.15, 0.2) is 0 Å². The van der Waals surface area contributed by atoms with Crippen LogP contribution in [0.4, 0.5) is 0 Å². The minimum Gasteiger partial charge on any atom is -0.369 e. The highest BCUT2D eigenvalue weighted by atomic mass is 16.5. The first-order valence-corrected chi connectivity index (χ1v) is 5.64. The normalized spacial score (nSPS) is 27.1. The fourth-order valence-corrected chi connectivity index (χ4v) is 1.86. The maximum absolute atomic E-state index is 11.8. The third kappa shape index (κ3) is 4.18. The van der Waals surface area contributed by atoms with Gasteiger partial charge in [-0.05, 0) is 27.7 Å². The van der Waals surface area contributed by atoms with Gasteiger partial charge in [-0.15, -0.1) is 0 Å². The topological polar surface area (TPSA) is 41.6 Å². The van der Waals surface area contributed by atoms with Gasteiger partial charge in [-0.2, -0.15) is 0 Å². The molecule has 15 heavy (non-hydrogen) atoms. The molecule has 2 atom stereocenters. The second-order valence-electron chi connectivity index (χ2n) is 4.63. The molecule has 88 valence electrons. The summed E-state index contributed by atoms with van der Waals surface area (Å²) in [5.74, 6) is 0.101. The first kappa shape index (κ1) is 12.5. The molecule has 0 bridgehead atoms. The van der Waals surface area contributed by atoms with E-state index in [4.69, 9.17) is 4.74 Å². The number of nitrogens with one attached hydrogen (secondary N) is 1. The Kier molecular flexibility index (Phi) is 4.54. The number of hydrogen-bond donors (Lipinski definition) is 1. The highest BCUT2D eigenvalue weighted by molar-refractivity contribution is 5.77. The minimum atomic E-state index is 0.101. The minimum absolute atomic E-state index is 0.101. The summed E-state index contributed by atoms with van der Waals surface area (Å²) in [6, 6.07) is 0.744. The van der Waals surface area contributed by atoms with Crippen LogP contribution in [0.25, 0.3) is 0 Å². The summed E-state index contributed by atoms with van der Waals surface area (Å²) >= 11 is 0. The van der Waals surface area contributed by atoms with Crippen molar-refractivity contribution in [3.63, 3.8) is 0 Å². The van der Waals surface area contributed by atoms with Crippen LogP contribution in [0.1, 0.15) is 27.7 Å². The molecule has 4 nitrogen and oxygen atoms in total. The van der Waals surface area contributed by atoms with Crippen molar-refractivity contribution >= 4 is 5.91 Å². The van der Waals surface area contributed by atoms with Crippen LogP contribution in [0.2, 0.25) is 0 Å². The van der Waals surface area contributed by atoms with Gasteiger partial charge in [0, 0.05) is 25.2 Å². The molecule has 1 N–H and O–H groups in total. The zero-order chi connectivity index (χ0) is 11.4. The molecule has 1 amide bonds. The average molecular weight is 214 g/mol. The lowest BCUT2D eigenvalue weighted by molar-refractivity contribution is -0.139. The molecule has 1 saturated heterocycles. The van der Waals surface area contributed by atoms with Gasteiger partial charge in [-0.1, -0.05) is 0 Å². The van der Waals surface area contributed by atoms with Crippen LogP contribution in [0.3, 0.4) is 0 Å². The largest absolute Gasteiger partial charge is 0.369 e. The molecule has 0 aliphatic carbocycles. The fraction of sp³-hybridized carbons (Fsp3) is 0.909. The van der Waals surface area contributed by atoms with Crippen LogP contribution in [0.5, 0.6) is 0 Å². The fourth-order valence-electron chi connectivity index (χ4n) is 1.86. The lowest BCUT2D eigenvalue weighted by Gasteiger charge is -2.36. The van der Waals surface area contributed by atoms with Crippen molar-refractivity contribution < 1.29 is 9.53 Å². The molecular weight excluding hydrogens is 192 g/mol. The van der Waals surface area contributed by atoms with Gasteiger partial charge in [0.1, 0.15) is 6.61 Å².